The van der Waals surface area contributed by atoms with Gasteiger partial charge in [0.05, 0.1) is 6.42 Å². The molecule has 1 aromatic rings. The van der Waals surface area contributed by atoms with E-state index in [-0.39, 0.29) is 30.8 Å². The van der Waals surface area contributed by atoms with Crippen molar-refractivity contribution >= 4 is 23.5 Å². The van der Waals surface area contributed by atoms with Gasteiger partial charge in [-0.25, -0.2) is 0 Å². The van der Waals surface area contributed by atoms with Crippen LogP contribution in [-0.4, -0.2) is 60.1 Å². The fourth-order valence-electron chi connectivity index (χ4n) is 3.69. The smallest absolute Gasteiger partial charge is 0.305 e. The third-order valence-corrected chi connectivity index (χ3v) is 5.21. The van der Waals surface area contributed by atoms with Gasteiger partial charge in [-0.3, -0.25) is 14.4 Å². The van der Waals surface area contributed by atoms with Gasteiger partial charge in [-0.2, -0.15) is 0 Å². The largest absolute Gasteiger partial charge is 0.481 e. The Labute approximate surface area is 158 Å². The Morgan fingerprint density at radius 3 is 2.48 bits per heavy atom. The number of carbonyl (C=O) groups excluding carboxylic acids is 2. The standard InChI is InChI=1S/C20H26N2O5/c23-18-3-1-2-11-21(18)16-6-4-15(5-7-16)20(26)22(12-8-19(24)25)17-9-13-27-14-10-17/h4-7,17H,1-3,8-14H2,(H,24,25). The Balaban J connectivity index is 1.74. The average molecular weight is 374 g/mol. The van der Waals surface area contributed by atoms with E-state index >= 15 is 0 Å². The summed E-state index contributed by atoms with van der Waals surface area (Å²) in [6.45, 7) is 2.05. The van der Waals surface area contributed by atoms with Crippen LogP contribution in [0.3, 0.4) is 0 Å². The zero-order valence-corrected chi connectivity index (χ0v) is 15.4. The Kier molecular flexibility index (Phi) is 6.45. The van der Waals surface area contributed by atoms with Gasteiger partial charge in [0.15, 0.2) is 0 Å². The number of aliphatic carboxylic acids is 1. The lowest BCUT2D eigenvalue weighted by atomic mass is 10.0. The van der Waals surface area contributed by atoms with E-state index < -0.39 is 5.97 Å². The number of carbonyl (C=O) groups is 3. The molecule has 0 aromatic heterocycles. The van der Waals surface area contributed by atoms with Gasteiger partial charge in [0.25, 0.3) is 5.91 Å². The molecular weight excluding hydrogens is 348 g/mol. The summed E-state index contributed by atoms with van der Waals surface area (Å²) in [5.41, 5.74) is 1.32. The van der Waals surface area contributed by atoms with Crippen molar-refractivity contribution < 1.29 is 24.2 Å². The van der Waals surface area contributed by atoms with E-state index in [1.54, 1.807) is 34.1 Å². The molecule has 1 N–H and O–H groups in total. The predicted octanol–water partition coefficient (Wildman–Crippen LogP) is 2.30. The molecule has 146 valence electrons. The molecule has 0 atom stereocenters. The Morgan fingerprint density at radius 2 is 1.85 bits per heavy atom. The number of benzene rings is 1. The average Bonchev–Trinajstić information content (AvgIpc) is 2.69. The summed E-state index contributed by atoms with van der Waals surface area (Å²) in [5, 5.41) is 9.02. The van der Waals surface area contributed by atoms with Crippen LogP contribution < -0.4 is 4.90 Å². The molecule has 2 fully saturated rings. The van der Waals surface area contributed by atoms with Crippen molar-refractivity contribution in [3.05, 3.63) is 29.8 Å². The highest BCUT2D eigenvalue weighted by Crippen LogP contribution is 2.23. The van der Waals surface area contributed by atoms with Gasteiger partial charge in [-0.1, -0.05) is 0 Å². The number of carboxylic acid groups (broad SMARTS) is 1. The van der Waals surface area contributed by atoms with Crippen molar-refractivity contribution in [2.75, 3.05) is 31.2 Å². The van der Waals surface area contributed by atoms with Crippen molar-refractivity contribution in [2.24, 2.45) is 0 Å². The monoisotopic (exact) mass is 374 g/mol. The summed E-state index contributed by atoms with van der Waals surface area (Å²) in [4.78, 5) is 39.5. The lowest BCUT2D eigenvalue weighted by Gasteiger charge is -2.34. The summed E-state index contributed by atoms with van der Waals surface area (Å²) >= 11 is 0. The minimum Gasteiger partial charge on any atom is -0.481 e. The molecule has 0 unspecified atom stereocenters. The maximum absolute atomic E-state index is 13.0. The molecular formula is C20H26N2O5. The van der Waals surface area contributed by atoms with Crippen LogP contribution in [0.2, 0.25) is 0 Å². The van der Waals surface area contributed by atoms with Gasteiger partial charge in [-0.15, -0.1) is 0 Å². The SMILES string of the molecule is O=C(O)CCN(C(=O)c1ccc(N2CCCCC2=O)cc1)C1CCOCC1. The highest BCUT2D eigenvalue weighted by molar-refractivity contribution is 5.97. The summed E-state index contributed by atoms with van der Waals surface area (Å²) in [6, 6.07) is 7.05. The van der Waals surface area contributed by atoms with Gasteiger partial charge < -0.3 is 19.6 Å². The normalized spacial score (nSPS) is 18.4. The van der Waals surface area contributed by atoms with Gasteiger partial charge in [0.2, 0.25) is 5.91 Å². The van der Waals surface area contributed by atoms with Crippen molar-refractivity contribution in [3.8, 4) is 0 Å². The molecule has 27 heavy (non-hydrogen) atoms. The van der Waals surface area contributed by atoms with E-state index in [4.69, 9.17) is 9.84 Å². The topological polar surface area (TPSA) is 87.2 Å². The van der Waals surface area contributed by atoms with Gasteiger partial charge in [-0.05, 0) is 49.9 Å². The summed E-state index contributed by atoms with van der Waals surface area (Å²) in [5.74, 6) is -0.968. The summed E-state index contributed by atoms with van der Waals surface area (Å²) < 4.78 is 5.36. The number of nitrogens with zero attached hydrogens (tertiary/aromatic N) is 2. The van der Waals surface area contributed by atoms with E-state index in [0.29, 0.717) is 44.6 Å². The van der Waals surface area contributed by atoms with Crippen LogP contribution in [0.4, 0.5) is 5.69 Å². The second-order valence-corrected chi connectivity index (χ2v) is 7.04. The first-order valence-electron chi connectivity index (χ1n) is 9.57. The van der Waals surface area contributed by atoms with Crippen LogP contribution in [0, 0.1) is 0 Å². The lowest BCUT2D eigenvalue weighted by molar-refractivity contribution is -0.137. The number of ether oxygens (including phenoxy) is 1. The fourth-order valence-corrected chi connectivity index (χ4v) is 3.69. The zero-order chi connectivity index (χ0) is 19.2. The fraction of sp³-hybridized carbons (Fsp3) is 0.550. The van der Waals surface area contributed by atoms with Crippen molar-refractivity contribution in [1.29, 1.82) is 0 Å². The second-order valence-electron chi connectivity index (χ2n) is 7.04. The van der Waals surface area contributed by atoms with Crippen molar-refractivity contribution in [3.63, 3.8) is 0 Å². The number of carboxylic acids is 1. The molecule has 2 saturated heterocycles. The molecule has 0 bridgehead atoms. The van der Waals surface area contributed by atoms with Crippen LogP contribution in [0.25, 0.3) is 0 Å². The molecule has 0 aliphatic carbocycles. The van der Waals surface area contributed by atoms with Crippen LogP contribution in [-0.2, 0) is 14.3 Å². The van der Waals surface area contributed by atoms with E-state index in [2.05, 4.69) is 0 Å². The number of hydrogen-bond acceptors (Lipinski definition) is 4. The molecule has 7 nitrogen and oxygen atoms in total. The molecule has 3 rings (SSSR count). The molecule has 2 aliphatic rings. The molecule has 2 amide bonds. The summed E-state index contributed by atoms with van der Waals surface area (Å²) in [7, 11) is 0. The van der Waals surface area contributed by atoms with Crippen LogP contribution >= 0.6 is 0 Å². The quantitative estimate of drug-likeness (QED) is 0.826. The number of hydrogen-bond donors (Lipinski definition) is 1. The molecule has 7 heteroatoms. The Hall–Kier alpha value is -2.41. The molecule has 2 aliphatic heterocycles. The molecule has 0 radical (unpaired) electrons. The van der Waals surface area contributed by atoms with Crippen molar-refractivity contribution in [1.82, 2.24) is 4.90 Å². The third kappa shape index (κ3) is 4.86. The van der Waals surface area contributed by atoms with Crippen LogP contribution in [0.1, 0.15) is 48.9 Å². The van der Waals surface area contributed by atoms with Gasteiger partial charge in [0.1, 0.15) is 0 Å². The summed E-state index contributed by atoms with van der Waals surface area (Å²) in [6.07, 6.45) is 3.82. The van der Waals surface area contributed by atoms with Crippen LogP contribution in [0.15, 0.2) is 24.3 Å². The van der Waals surface area contributed by atoms with Gasteiger partial charge >= 0.3 is 5.97 Å². The Morgan fingerprint density at radius 1 is 1.15 bits per heavy atom. The minimum absolute atomic E-state index is 0.00560. The zero-order valence-electron chi connectivity index (χ0n) is 15.4. The number of rotatable bonds is 6. The van der Waals surface area contributed by atoms with E-state index in [0.717, 1.165) is 18.5 Å². The predicted molar refractivity (Wildman–Crippen MR) is 99.8 cm³/mol. The van der Waals surface area contributed by atoms with E-state index in [1.807, 2.05) is 0 Å². The lowest BCUT2D eigenvalue weighted by Crippen LogP contribution is -2.44. The van der Waals surface area contributed by atoms with Crippen LogP contribution in [0.5, 0.6) is 0 Å². The Bertz CT molecular complexity index is 682. The highest BCUT2D eigenvalue weighted by Gasteiger charge is 2.27. The minimum atomic E-state index is -0.918. The highest BCUT2D eigenvalue weighted by atomic mass is 16.5. The molecule has 1 aromatic carbocycles. The van der Waals surface area contributed by atoms with E-state index in [1.165, 1.54) is 0 Å². The molecule has 2 heterocycles. The first-order valence-corrected chi connectivity index (χ1v) is 9.57. The molecule has 0 spiro atoms. The first kappa shape index (κ1) is 19.4. The second kappa shape index (κ2) is 8.99. The number of piperidine rings is 1. The van der Waals surface area contributed by atoms with Crippen molar-refractivity contribution in [2.45, 2.75) is 44.6 Å². The maximum Gasteiger partial charge on any atom is 0.305 e. The third-order valence-electron chi connectivity index (χ3n) is 5.21. The first-order chi connectivity index (χ1) is 13.1. The van der Waals surface area contributed by atoms with E-state index in [9.17, 15) is 14.4 Å². The maximum atomic E-state index is 13.0. The van der Waals surface area contributed by atoms with Gasteiger partial charge in [0, 0.05) is 50.0 Å². The number of amides is 2. The molecule has 0 saturated carbocycles. The number of anilines is 1.